The number of hydrogen-bond acceptors (Lipinski definition) is 4. The van der Waals surface area contributed by atoms with Crippen LogP contribution in [0.25, 0.3) is 10.9 Å². The second kappa shape index (κ2) is 12.3. The fourth-order valence-corrected chi connectivity index (χ4v) is 5.99. The van der Waals surface area contributed by atoms with Crippen molar-refractivity contribution in [2.45, 2.75) is 44.2 Å². The number of rotatable bonds is 7. The van der Waals surface area contributed by atoms with E-state index in [0.29, 0.717) is 50.9 Å². The largest absolute Gasteiger partial charge is 0.416 e. The molecular weight excluding hydrogens is 562 g/mol. The standard InChI is InChI=1S/C30H34F6N4O2/c1-2-24-19-42-12-11-39(24)9-7-38-8-10-40(25(18-38)15-21-17-37-27-6-4-3-5-26(21)27)28(41)20-13-22(29(31,32)33)16-23(14-20)30(34,35)36/h3-6,13-14,16-17,24-25,37H,2,7-12,15,18-19H2,1H3/t24-,25-/m1/s1. The molecule has 0 aliphatic carbocycles. The molecule has 1 aromatic heterocycles. The fraction of sp³-hybridized carbons (Fsp3) is 0.500. The number of morpholine rings is 1. The molecule has 3 aromatic rings. The van der Waals surface area contributed by atoms with E-state index >= 15 is 0 Å². The van der Waals surface area contributed by atoms with E-state index in [2.05, 4.69) is 21.7 Å². The normalized spacial score (nSPS) is 21.3. The van der Waals surface area contributed by atoms with Gasteiger partial charge in [0.2, 0.25) is 0 Å². The number of piperazine rings is 1. The minimum atomic E-state index is -5.03. The Labute approximate surface area is 240 Å². The minimum absolute atomic E-state index is 0.0490. The van der Waals surface area contributed by atoms with Crippen LogP contribution in [0.3, 0.4) is 0 Å². The summed E-state index contributed by atoms with van der Waals surface area (Å²) in [5, 5.41) is 0.958. The van der Waals surface area contributed by atoms with Gasteiger partial charge in [-0.25, -0.2) is 0 Å². The quantitative estimate of drug-likeness (QED) is 0.357. The molecule has 6 nitrogen and oxygen atoms in total. The first kappa shape index (κ1) is 30.4. The topological polar surface area (TPSA) is 51.8 Å². The number of para-hydroxylation sites is 1. The molecule has 228 valence electrons. The summed E-state index contributed by atoms with van der Waals surface area (Å²) in [5.74, 6) is -0.838. The number of carbonyl (C=O) groups excluding carboxylic acids is 1. The van der Waals surface area contributed by atoms with Gasteiger partial charge in [0, 0.05) is 74.0 Å². The number of benzene rings is 2. The van der Waals surface area contributed by atoms with E-state index in [0.717, 1.165) is 42.5 Å². The van der Waals surface area contributed by atoms with Gasteiger partial charge in [0.05, 0.1) is 24.3 Å². The third kappa shape index (κ3) is 6.76. The molecule has 1 N–H and O–H groups in total. The van der Waals surface area contributed by atoms with Crippen molar-refractivity contribution in [1.82, 2.24) is 19.7 Å². The zero-order valence-corrected chi connectivity index (χ0v) is 23.3. The lowest BCUT2D eigenvalue weighted by Gasteiger charge is -2.43. The highest BCUT2D eigenvalue weighted by atomic mass is 19.4. The van der Waals surface area contributed by atoms with E-state index in [-0.39, 0.29) is 12.6 Å². The van der Waals surface area contributed by atoms with Crippen molar-refractivity contribution in [2.24, 2.45) is 0 Å². The molecule has 0 saturated carbocycles. The van der Waals surface area contributed by atoms with E-state index in [1.807, 2.05) is 30.5 Å². The maximum absolute atomic E-state index is 13.7. The van der Waals surface area contributed by atoms with Crippen molar-refractivity contribution in [3.8, 4) is 0 Å². The van der Waals surface area contributed by atoms with E-state index < -0.39 is 41.0 Å². The van der Waals surface area contributed by atoms with Crippen LogP contribution in [0.4, 0.5) is 26.3 Å². The Hall–Kier alpha value is -3.09. The Kier molecular flexibility index (Phi) is 8.86. The minimum Gasteiger partial charge on any atom is -0.378 e. The average Bonchev–Trinajstić information content (AvgIpc) is 3.37. The average molecular weight is 597 g/mol. The van der Waals surface area contributed by atoms with Crippen molar-refractivity contribution in [2.75, 3.05) is 52.5 Å². The molecule has 2 aliphatic rings. The molecule has 0 spiro atoms. The number of fused-ring (bicyclic) bond motifs is 1. The predicted octanol–water partition coefficient (Wildman–Crippen LogP) is 5.69. The number of halogens is 6. The number of carbonyl (C=O) groups is 1. The Morgan fingerprint density at radius 3 is 2.36 bits per heavy atom. The molecule has 2 aliphatic heterocycles. The SMILES string of the molecule is CC[C@@H]1COCCN1CCN1CCN(C(=O)c2cc(C(F)(F)F)cc(C(F)(F)F)c2)[C@H](Cc2c[nH]c3ccccc23)C1. The highest BCUT2D eigenvalue weighted by molar-refractivity contribution is 5.95. The summed E-state index contributed by atoms with van der Waals surface area (Å²) < 4.78 is 86.9. The van der Waals surface area contributed by atoms with Crippen LogP contribution >= 0.6 is 0 Å². The number of H-pyrrole nitrogens is 1. The van der Waals surface area contributed by atoms with Crippen molar-refractivity contribution in [3.63, 3.8) is 0 Å². The number of ether oxygens (including phenoxy) is 1. The Balaban J connectivity index is 1.41. The third-order valence-corrected chi connectivity index (χ3v) is 8.32. The molecule has 2 fully saturated rings. The second-order valence-electron chi connectivity index (χ2n) is 11.0. The summed E-state index contributed by atoms with van der Waals surface area (Å²) in [6, 6.07) is 8.61. The number of hydrogen-bond donors (Lipinski definition) is 1. The number of alkyl halides is 6. The maximum atomic E-state index is 13.7. The predicted molar refractivity (Wildman–Crippen MR) is 146 cm³/mol. The van der Waals surface area contributed by atoms with Gasteiger partial charge in [-0.05, 0) is 42.7 Å². The molecule has 0 unspecified atom stereocenters. The van der Waals surface area contributed by atoms with Gasteiger partial charge >= 0.3 is 12.4 Å². The molecule has 3 heterocycles. The summed E-state index contributed by atoms with van der Waals surface area (Å²) in [6.45, 7) is 6.91. The summed E-state index contributed by atoms with van der Waals surface area (Å²) in [7, 11) is 0. The number of nitrogens with zero attached hydrogens (tertiary/aromatic N) is 3. The van der Waals surface area contributed by atoms with Crippen LogP contribution in [0, 0.1) is 0 Å². The number of aromatic amines is 1. The molecule has 2 atom stereocenters. The van der Waals surface area contributed by atoms with Crippen molar-refractivity contribution in [3.05, 3.63) is 70.9 Å². The van der Waals surface area contributed by atoms with Crippen molar-refractivity contribution < 1.29 is 35.9 Å². The van der Waals surface area contributed by atoms with Crippen LogP contribution in [0.1, 0.15) is 40.4 Å². The van der Waals surface area contributed by atoms with Gasteiger partial charge in [-0.3, -0.25) is 14.6 Å². The van der Waals surface area contributed by atoms with Gasteiger partial charge in [0.25, 0.3) is 5.91 Å². The molecule has 0 bridgehead atoms. The molecule has 12 heteroatoms. The molecule has 2 aromatic carbocycles. The Morgan fingerprint density at radius 2 is 1.67 bits per heavy atom. The third-order valence-electron chi connectivity index (χ3n) is 8.32. The van der Waals surface area contributed by atoms with Gasteiger partial charge in [0.1, 0.15) is 0 Å². The maximum Gasteiger partial charge on any atom is 0.416 e. The second-order valence-corrected chi connectivity index (χ2v) is 11.0. The summed E-state index contributed by atoms with van der Waals surface area (Å²) in [5.41, 5.74) is -1.78. The van der Waals surface area contributed by atoms with Gasteiger partial charge in [-0.1, -0.05) is 25.1 Å². The number of nitrogens with one attached hydrogen (secondary N) is 1. The first-order valence-electron chi connectivity index (χ1n) is 14.1. The number of aromatic nitrogens is 1. The first-order valence-corrected chi connectivity index (χ1v) is 14.1. The van der Waals surface area contributed by atoms with Crippen LogP contribution in [0.2, 0.25) is 0 Å². The lowest BCUT2D eigenvalue weighted by molar-refractivity contribution is -0.143. The summed E-state index contributed by atoms with van der Waals surface area (Å²) in [6.07, 6.45) is -6.87. The number of amides is 1. The summed E-state index contributed by atoms with van der Waals surface area (Å²) >= 11 is 0. The smallest absolute Gasteiger partial charge is 0.378 e. The van der Waals surface area contributed by atoms with E-state index in [1.165, 1.54) is 4.90 Å². The highest BCUT2D eigenvalue weighted by Gasteiger charge is 2.39. The van der Waals surface area contributed by atoms with Crippen LogP contribution in [0.15, 0.2) is 48.7 Å². The van der Waals surface area contributed by atoms with Gasteiger partial charge in [-0.15, -0.1) is 0 Å². The van der Waals surface area contributed by atoms with Gasteiger partial charge in [0.15, 0.2) is 0 Å². The lowest BCUT2D eigenvalue weighted by Crippen LogP contribution is -2.57. The van der Waals surface area contributed by atoms with Crippen LogP contribution in [0.5, 0.6) is 0 Å². The van der Waals surface area contributed by atoms with E-state index in [9.17, 15) is 31.1 Å². The van der Waals surface area contributed by atoms with E-state index in [4.69, 9.17) is 4.74 Å². The lowest BCUT2D eigenvalue weighted by atomic mass is 9.98. The van der Waals surface area contributed by atoms with Crippen LogP contribution < -0.4 is 0 Å². The molecule has 0 radical (unpaired) electrons. The zero-order chi connectivity index (χ0) is 30.1. The molecular formula is C30H34F6N4O2. The Bertz CT molecular complexity index is 1360. The van der Waals surface area contributed by atoms with Gasteiger partial charge in [-0.2, -0.15) is 26.3 Å². The zero-order valence-electron chi connectivity index (χ0n) is 23.3. The van der Waals surface area contributed by atoms with Crippen LogP contribution in [-0.2, 0) is 23.5 Å². The van der Waals surface area contributed by atoms with Crippen LogP contribution in [-0.4, -0.2) is 90.2 Å². The summed E-state index contributed by atoms with van der Waals surface area (Å²) in [4.78, 5) is 23.0. The molecule has 2 saturated heterocycles. The van der Waals surface area contributed by atoms with E-state index in [1.54, 1.807) is 0 Å². The highest BCUT2D eigenvalue weighted by Crippen LogP contribution is 2.37. The fourth-order valence-electron chi connectivity index (χ4n) is 5.99. The van der Waals surface area contributed by atoms with Gasteiger partial charge < -0.3 is 14.6 Å². The molecule has 5 rings (SSSR count). The van der Waals surface area contributed by atoms with Crippen molar-refractivity contribution >= 4 is 16.8 Å². The Morgan fingerprint density at radius 1 is 0.952 bits per heavy atom. The monoisotopic (exact) mass is 596 g/mol. The van der Waals surface area contributed by atoms with Crippen molar-refractivity contribution in [1.29, 1.82) is 0 Å². The molecule has 42 heavy (non-hydrogen) atoms. The molecule has 1 amide bonds. The first-order chi connectivity index (χ1) is 19.9.